The summed E-state index contributed by atoms with van der Waals surface area (Å²) in [6.07, 6.45) is 2.55. The van der Waals surface area contributed by atoms with Gasteiger partial charge in [0.15, 0.2) is 0 Å². The van der Waals surface area contributed by atoms with Gasteiger partial charge in [0, 0.05) is 37.3 Å². The molecular formula is C17H21N3O4. The van der Waals surface area contributed by atoms with Crippen molar-refractivity contribution >= 4 is 5.91 Å². The number of nitrogens with zero attached hydrogens (tertiary/aromatic N) is 3. The number of amides is 1. The Balaban J connectivity index is 1.56. The molecule has 2 aromatic rings. The lowest BCUT2D eigenvalue weighted by Crippen LogP contribution is -2.42. The highest BCUT2D eigenvalue weighted by Gasteiger charge is 2.25. The maximum absolute atomic E-state index is 12.5. The minimum Gasteiger partial charge on any atom is -0.479 e. The number of pyridine rings is 1. The highest BCUT2D eigenvalue weighted by Crippen LogP contribution is 2.23. The first-order chi connectivity index (χ1) is 11.7. The van der Waals surface area contributed by atoms with Crippen molar-refractivity contribution in [1.29, 1.82) is 0 Å². The van der Waals surface area contributed by atoms with Gasteiger partial charge in [0.1, 0.15) is 11.9 Å². The predicted octanol–water partition coefficient (Wildman–Crippen LogP) is 1.92. The molecule has 2 aromatic heterocycles. The van der Waals surface area contributed by atoms with Gasteiger partial charge in [-0.25, -0.2) is 0 Å². The zero-order valence-electron chi connectivity index (χ0n) is 13.9. The van der Waals surface area contributed by atoms with Gasteiger partial charge in [0.05, 0.1) is 20.3 Å². The minimum absolute atomic E-state index is 0.0874. The maximum Gasteiger partial charge on any atom is 0.254 e. The van der Waals surface area contributed by atoms with Crippen LogP contribution in [-0.2, 0) is 16.0 Å². The number of morpholine rings is 1. The molecule has 0 saturated carbocycles. The topological polar surface area (TPSA) is 77.7 Å². The maximum atomic E-state index is 12.5. The first-order valence-electron chi connectivity index (χ1n) is 7.97. The molecule has 7 heteroatoms. The summed E-state index contributed by atoms with van der Waals surface area (Å²) in [6, 6.07) is 5.64. The Morgan fingerprint density at radius 2 is 2.33 bits per heavy atom. The molecule has 1 amide bonds. The molecule has 0 spiro atoms. The number of hydrogen-bond donors (Lipinski definition) is 0. The molecule has 1 fully saturated rings. The molecule has 0 aromatic carbocycles. The molecule has 0 unspecified atom stereocenters. The molecule has 0 aliphatic carbocycles. The van der Waals surface area contributed by atoms with Crippen LogP contribution >= 0.6 is 0 Å². The Hall–Kier alpha value is -2.41. The van der Waals surface area contributed by atoms with Gasteiger partial charge >= 0.3 is 0 Å². The minimum atomic E-state index is -0.102. The molecule has 1 atom stereocenters. The monoisotopic (exact) mass is 331 g/mol. The van der Waals surface area contributed by atoms with Gasteiger partial charge in [0.2, 0.25) is 5.91 Å². The second-order valence-corrected chi connectivity index (χ2v) is 5.77. The third-order valence-electron chi connectivity index (χ3n) is 4.04. The van der Waals surface area contributed by atoms with Crippen LogP contribution in [0.4, 0.5) is 0 Å². The Labute approximate surface area is 140 Å². The van der Waals surface area contributed by atoms with Crippen molar-refractivity contribution in [2.24, 2.45) is 0 Å². The van der Waals surface area contributed by atoms with Gasteiger partial charge in [-0.05, 0) is 29.8 Å². The van der Waals surface area contributed by atoms with Crippen LogP contribution in [0, 0.1) is 6.92 Å². The number of carbonyl (C=O) groups is 1. The van der Waals surface area contributed by atoms with Crippen LogP contribution in [0.2, 0.25) is 0 Å². The van der Waals surface area contributed by atoms with Crippen LogP contribution in [-0.4, -0.2) is 47.8 Å². The Bertz CT molecular complexity index is 701. The van der Waals surface area contributed by atoms with E-state index in [0.29, 0.717) is 44.2 Å². The predicted molar refractivity (Wildman–Crippen MR) is 85.6 cm³/mol. The normalized spacial score (nSPS) is 17.8. The zero-order chi connectivity index (χ0) is 16.9. The van der Waals surface area contributed by atoms with Gasteiger partial charge < -0.3 is 18.9 Å². The summed E-state index contributed by atoms with van der Waals surface area (Å²) in [5.74, 6) is 1.16. The number of aryl methyl sites for hydroxylation is 2. The van der Waals surface area contributed by atoms with E-state index in [9.17, 15) is 4.79 Å². The molecule has 1 aliphatic heterocycles. The summed E-state index contributed by atoms with van der Waals surface area (Å²) in [4.78, 5) is 18.5. The van der Waals surface area contributed by atoms with Crippen molar-refractivity contribution in [3.63, 3.8) is 0 Å². The molecule has 1 aliphatic rings. The summed E-state index contributed by atoms with van der Waals surface area (Å²) in [5, 5.41) is 3.74. The van der Waals surface area contributed by atoms with E-state index in [1.807, 2.05) is 24.0 Å². The summed E-state index contributed by atoms with van der Waals surface area (Å²) in [5.41, 5.74) is 2.00. The Kier molecular flexibility index (Phi) is 5.10. The second kappa shape index (κ2) is 7.44. The van der Waals surface area contributed by atoms with Crippen LogP contribution < -0.4 is 4.74 Å². The van der Waals surface area contributed by atoms with Crippen LogP contribution in [0.15, 0.2) is 28.9 Å². The Morgan fingerprint density at radius 1 is 1.46 bits per heavy atom. The molecule has 0 radical (unpaired) electrons. The lowest BCUT2D eigenvalue weighted by Gasteiger charge is -2.33. The van der Waals surface area contributed by atoms with Gasteiger partial charge in [-0.1, -0.05) is 0 Å². The van der Waals surface area contributed by atoms with Crippen molar-refractivity contribution in [2.75, 3.05) is 26.8 Å². The third kappa shape index (κ3) is 3.91. The van der Waals surface area contributed by atoms with Crippen molar-refractivity contribution in [2.45, 2.75) is 25.9 Å². The Morgan fingerprint density at radius 3 is 3.08 bits per heavy atom. The van der Waals surface area contributed by atoms with E-state index in [2.05, 4.69) is 10.1 Å². The molecule has 1 saturated heterocycles. The van der Waals surface area contributed by atoms with Crippen molar-refractivity contribution in [3.8, 4) is 5.88 Å². The van der Waals surface area contributed by atoms with Crippen molar-refractivity contribution in [1.82, 2.24) is 15.0 Å². The van der Waals surface area contributed by atoms with E-state index >= 15 is 0 Å². The van der Waals surface area contributed by atoms with Crippen molar-refractivity contribution in [3.05, 3.63) is 41.4 Å². The fourth-order valence-electron chi connectivity index (χ4n) is 2.74. The molecule has 128 valence electrons. The molecule has 3 rings (SSSR count). The van der Waals surface area contributed by atoms with E-state index in [0.717, 1.165) is 11.3 Å². The lowest BCUT2D eigenvalue weighted by molar-refractivity contribution is -0.139. The van der Waals surface area contributed by atoms with E-state index < -0.39 is 0 Å². The molecule has 3 heterocycles. The van der Waals surface area contributed by atoms with Gasteiger partial charge in [-0.2, -0.15) is 0 Å². The number of ether oxygens (including phenoxy) is 2. The summed E-state index contributed by atoms with van der Waals surface area (Å²) in [6.45, 7) is 3.65. The highest BCUT2D eigenvalue weighted by atomic mass is 16.5. The smallest absolute Gasteiger partial charge is 0.254 e. The number of aromatic nitrogens is 2. The van der Waals surface area contributed by atoms with Crippen LogP contribution in [0.5, 0.6) is 5.88 Å². The molecule has 0 bridgehead atoms. The fourth-order valence-corrected chi connectivity index (χ4v) is 2.74. The fraction of sp³-hybridized carbons (Fsp3) is 0.471. The average Bonchev–Trinajstić information content (AvgIpc) is 3.08. The zero-order valence-corrected chi connectivity index (χ0v) is 13.9. The van der Waals surface area contributed by atoms with Crippen molar-refractivity contribution < 1.29 is 18.8 Å². The molecule has 0 N–H and O–H groups in total. The lowest BCUT2D eigenvalue weighted by atomic mass is 10.1. The standard InChI is InChI=1S/C17H21N3O4/c1-12-9-13(5-6-18-12)15-11-20(7-8-23-15)17(21)4-3-14-10-16(22-2)19-24-14/h5-6,9-10,15H,3-4,7-8,11H2,1-2H3/t15-/m1/s1. The van der Waals surface area contributed by atoms with E-state index in [1.54, 1.807) is 12.3 Å². The van der Waals surface area contributed by atoms with Gasteiger partial charge in [0.25, 0.3) is 5.88 Å². The second-order valence-electron chi connectivity index (χ2n) is 5.77. The number of methoxy groups -OCH3 is 1. The first-order valence-corrected chi connectivity index (χ1v) is 7.97. The first kappa shape index (κ1) is 16.4. The van der Waals surface area contributed by atoms with E-state index in [-0.39, 0.29) is 12.0 Å². The van der Waals surface area contributed by atoms with Crippen LogP contribution in [0.25, 0.3) is 0 Å². The third-order valence-corrected chi connectivity index (χ3v) is 4.04. The number of hydrogen-bond acceptors (Lipinski definition) is 6. The summed E-state index contributed by atoms with van der Waals surface area (Å²) < 4.78 is 15.9. The largest absolute Gasteiger partial charge is 0.479 e. The van der Waals surface area contributed by atoms with Crippen LogP contribution in [0.3, 0.4) is 0 Å². The molecule has 7 nitrogen and oxygen atoms in total. The van der Waals surface area contributed by atoms with Gasteiger partial charge in [-0.3, -0.25) is 9.78 Å². The summed E-state index contributed by atoms with van der Waals surface area (Å²) >= 11 is 0. The number of carbonyl (C=O) groups excluding carboxylic acids is 1. The highest BCUT2D eigenvalue weighted by molar-refractivity contribution is 5.76. The summed E-state index contributed by atoms with van der Waals surface area (Å²) in [7, 11) is 1.53. The van der Waals surface area contributed by atoms with E-state index in [4.69, 9.17) is 14.0 Å². The average molecular weight is 331 g/mol. The molecule has 24 heavy (non-hydrogen) atoms. The SMILES string of the molecule is COc1cc(CCC(=O)N2CCO[C@@H](c3ccnc(C)c3)C2)on1. The van der Waals surface area contributed by atoms with Gasteiger partial charge in [-0.15, -0.1) is 0 Å². The van der Waals surface area contributed by atoms with Crippen LogP contribution in [0.1, 0.15) is 29.5 Å². The quantitative estimate of drug-likeness (QED) is 0.833. The van der Waals surface area contributed by atoms with E-state index in [1.165, 1.54) is 7.11 Å². The molecular weight excluding hydrogens is 310 g/mol. The number of rotatable bonds is 5.